The summed E-state index contributed by atoms with van der Waals surface area (Å²) in [7, 11) is 0. The Kier molecular flexibility index (Phi) is 3.16. The fourth-order valence-corrected chi connectivity index (χ4v) is 1.84. The van der Waals surface area contributed by atoms with Crippen LogP contribution in [0.1, 0.15) is 24.4 Å². The molecule has 0 aliphatic carbocycles. The summed E-state index contributed by atoms with van der Waals surface area (Å²) in [5, 5.41) is 14.9. The molecule has 2 aromatic rings. The van der Waals surface area contributed by atoms with Crippen LogP contribution in [0.25, 0.3) is 0 Å². The van der Waals surface area contributed by atoms with Crippen molar-refractivity contribution in [3.05, 3.63) is 45.6 Å². The van der Waals surface area contributed by atoms with Crippen molar-refractivity contribution >= 4 is 11.5 Å². The number of nitro groups is 1. The number of hydrogen-bond acceptors (Lipinski definition) is 5. The van der Waals surface area contributed by atoms with Crippen LogP contribution in [-0.2, 0) is 0 Å². The highest BCUT2D eigenvalue weighted by Crippen LogP contribution is 2.29. The molecule has 2 heterocycles. The topological polar surface area (TPSA) is 99.9 Å². The molecular formula is C11H12FN5O2. The summed E-state index contributed by atoms with van der Waals surface area (Å²) in [6.07, 6.45) is 1.08. The van der Waals surface area contributed by atoms with Gasteiger partial charge in [-0.3, -0.25) is 15.1 Å². The van der Waals surface area contributed by atoms with Gasteiger partial charge in [0.05, 0.1) is 22.9 Å². The van der Waals surface area contributed by atoms with Crippen LogP contribution in [0.2, 0.25) is 0 Å². The van der Waals surface area contributed by atoms with Gasteiger partial charge in [-0.1, -0.05) is 0 Å². The van der Waals surface area contributed by atoms with Crippen LogP contribution < -0.4 is 5.73 Å². The van der Waals surface area contributed by atoms with Gasteiger partial charge in [0.25, 0.3) is 0 Å². The molecule has 0 aliphatic heterocycles. The molecule has 2 N–H and O–H groups in total. The minimum Gasteiger partial charge on any atom is -0.378 e. The number of nitrogen functional groups attached to an aromatic ring is 1. The van der Waals surface area contributed by atoms with Gasteiger partial charge in [-0.2, -0.15) is 5.10 Å². The van der Waals surface area contributed by atoms with E-state index in [4.69, 9.17) is 5.73 Å². The van der Waals surface area contributed by atoms with Crippen LogP contribution in [0.5, 0.6) is 0 Å². The number of nitrogens with zero attached hydrogens (tertiary/aromatic N) is 4. The molecule has 0 aliphatic rings. The van der Waals surface area contributed by atoms with E-state index in [-0.39, 0.29) is 17.2 Å². The Morgan fingerprint density at radius 2 is 2.21 bits per heavy atom. The predicted octanol–water partition coefficient (Wildman–Crippen LogP) is 1.83. The third-order valence-electron chi connectivity index (χ3n) is 2.82. The summed E-state index contributed by atoms with van der Waals surface area (Å²) >= 11 is 0. The maximum atomic E-state index is 12.8. The van der Waals surface area contributed by atoms with Gasteiger partial charge in [-0.05, 0) is 26.0 Å². The highest BCUT2D eigenvalue weighted by molar-refractivity contribution is 5.56. The molecule has 0 spiro atoms. The van der Waals surface area contributed by atoms with Crippen LogP contribution >= 0.6 is 0 Å². The zero-order chi connectivity index (χ0) is 14.2. The van der Waals surface area contributed by atoms with E-state index in [1.54, 1.807) is 6.92 Å². The summed E-state index contributed by atoms with van der Waals surface area (Å²) in [5.74, 6) is -0.493. The number of rotatable bonds is 3. The van der Waals surface area contributed by atoms with Crippen LogP contribution in [0.15, 0.2) is 18.3 Å². The Labute approximate surface area is 108 Å². The predicted molar refractivity (Wildman–Crippen MR) is 66.0 cm³/mol. The van der Waals surface area contributed by atoms with E-state index in [2.05, 4.69) is 10.1 Å². The molecule has 1 unspecified atom stereocenters. The van der Waals surface area contributed by atoms with Gasteiger partial charge in [0, 0.05) is 0 Å². The minimum atomic E-state index is -0.570. The maximum absolute atomic E-state index is 12.8. The fraction of sp³-hybridized carbons (Fsp3) is 0.273. The molecule has 0 saturated carbocycles. The Bertz CT molecular complexity index is 623. The molecule has 1 atom stereocenters. The van der Waals surface area contributed by atoms with Crippen LogP contribution in [-0.4, -0.2) is 19.7 Å². The largest absolute Gasteiger partial charge is 0.378 e. The average Bonchev–Trinajstić information content (AvgIpc) is 2.65. The van der Waals surface area contributed by atoms with Crippen molar-refractivity contribution in [3.8, 4) is 0 Å². The Balaban J connectivity index is 2.45. The van der Waals surface area contributed by atoms with Gasteiger partial charge in [-0.25, -0.2) is 9.07 Å². The Morgan fingerprint density at radius 3 is 2.68 bits per heavy atom. The summed E-state index contributed by atoms with van der Waals surface area (Å²) in [5.41, 5.74) is 6.27. The normalized spacial score (nSPS) is 12.4. The lowest BCUT2D eigenvalue weighted by Gasteiger charge is -2.12. The molecule has 0 radical (unpaired) electrons. The number of pyridine rings is 1. The molecule has 0 fully saturated rings. The van der Waals surface area contributed by atoms with Gasteiger partial charge in [0.2, 0.25) is 5.82 Å². The quantitative estimate of drug-likeness (QED) is 0.674. The second kappa shape index (κ2) is 4.63. The van der Waals surface area contributed by atoms with Crippen LogP contribution in [0.4, 0.5) is 15.9 Å². The van der Waals surface area contributed by atoms with Crippen molar-refractivity contribution in [1.29, 1.82) is 0 Å². The van der Waals surface area contributed by atoms with Crippen molar-refractivity contribution in [3.63, 3.8) is 0 Å². The Morgan fingerprint density at radius 1 is 1.53 bits per heavy atom. The van der Waals surface area contributed by atoms with Crippen molar-refractivity contribution in [1.82, 2.24) is 14.8 Å². The first-order valence-electron chi connectivity index (χ1n) is 5.52. The lowest BCUT2D eigenvalue weighted by molar-refractivity contribution is -0.384. The van der Waals surface area contributed by atoms with Gasteiger partial charge in [0.15, 0.2) is 0 Å². The van der Waals surface area contributed by atoms with Crippen molar-refractivity contribution < 1.29 is 9.31 Å². The lowest BCUT2D eigenvalue weighted by Crippen LogP contribution is -2.13. The molecule has 0 saturated heterocycles. The number of aromatic nitrogens is 3. The molecule has 19 heavy (non-hydrogen) atoms. The van der Waals surface area contributed by atoms with Gasteiger partial charge >= 0.3 is 5.69 Å². The molecule has 7 nitrogen and oxygen atoms in total. The van der Waals surface area contributed by atoms with Crippen molar-refractivity contribution in [2.45, 2.75) is 19.9 Å². The minimum absolute atomic E-state index is 0.0406. The summed E-state index contributed by atoms with van der Waals surface area (Å²) < 4.78 is 14.1. The smallest absolute Gasteiger partial charge is 0.333 e. The van der Waals surface area contributed by atoms with Crippen molar-refractivity contribution in [2.24, 2.45) is 0 Å². The van der Waals surface area contributed by atoms with E-state index in [0.29, 0.717) is 5.69 Å². The monoisotopic (exact) mass is 265 g/mol. The maximum Gasteiger partial charge on any atom is 0.333 e. The summed E-state index contributed by atoms with van der Waals surface area (Å²) in [4.78, 5) is 14.2. The zero-order valence-electron chi connectivity index (χ0n) is 10.4. The Hall–Kier alpha value is -2.51. The van der Waals surface area contributed by atoms with E-state index in [9.17, 15) is 14.5 Å². The molecule has 8 heteroatoms. The third-order valence-corrected chi connectivity index (χ3v) is 2.82. The number of halogens is 1. The second-order valence-electron chi connectivity index (χ2n) is 4.10. The summed E-state index contributed by atoms with van der Waals surface area (Å²) in [6.45, 7) is 3.24. The standard InChI is InChI=1S/C11H12FN5O2/c1-6-10(17(18)19)11(13)16(15-6)7(2)9-4-3-8(12)5-14-9/h3-5,7H,13H2,1-2H3. The zero-order valence-corrected chi connectivity index (χ0v) is 10.4. The molecule has 2 aromatic heterocycles. The highest BCUT2D eigenvalue weighted by Gasteiger charge is 2.26. The van der Waals surface area contributed by atoms with Gasteiger partial charge in [-0.15, -0.1) is 0 Å². The highest BCUT2D eigenvalue weighted by atomic mass is 19.1. The van der Waals surface area contributed by atoms with Crippen LogP contribution in [0.3, 0.4) is 0 Å². The second-order valence-corrected chi connectivity index (χ2v) is 4.10. The molecular weight excluding hydrogens is 253 g/mol. The first-order valence-corrected chi connectivity index (χ1v) is 5.52. The van der Waals surface area contributed by atoms with E-state index >= 15 is 0 Å². The molecule has 0 aromatic carbocycles. The fourth-order valence-electron chi connectivity index (χ4n) is 1.84. The van der Waals surface area contributed by atoms with Crippen molar-refractivity contribution in [2.75, 3.05) is 5.73 Å². The first-order chi connectivity index (χ1) is 8.91. The number of anilines is 1. The first kappa shape index (κ1) is 12.9. The average molecular weight is 265 g/mol. The lowest BCUT2D eigenvalue weighted by atomic mass is 10.2. The molecule has 2 rings (SSSR count). The molecule has 0 amide bonds. The van der Waals surface area contributed by atoms with E-state index in [0.717, 1.165) is 6.20 Å². The van der Waals surface area contributed by atoms with E-state index < -0.39 is 16.8 Å². The number of aryl methyl sites for hydroxylation is 1. The SMILES string of the molecule is Cc1nn(C(C)c2ccc(F)cn2)c(N)c1[N+](=O)[O-]. The van der Waals surface area contributed by atoms with Gasteiger partial charge < -0.3 is 5.73 Å². The third kappa shape index (κ3) is 2.24. The molecule has 0 bridgehead atoms. The van der Waals surface area contributed by atoms with E-state index in [1.807, 2.05) is 0 Å². The summed E-state index contributed by atoms with van der Waals surface area (Å²) in [6, 6.07) is 2.33. The molecule has 100 valence electrons. The number of hydrogen-bond donors (Lipinski definition) is 1. The van der Waals surface area contributed by atoms with Crippen LogP contribution in [0, 0.1) is 22.9 Å². The van der Waals surface area contributed by atoms with E-state index in [1.165, 1.54) is 23.7 Å². The van der Waals surface area contributed by atoms with Gasteiger partial charge in [0.1, 0.15) is 11.5 Å². The number of nitrogens with two attached hydrogens (primary N) is 1.